The Bertz CT molecular complexity index is 1200. The van der Waals surface area contributed by atoms with Crippen LogP contribution in [0.2, 0.25) is 0 Å². The molecule has 142 valence electrons. The largest absolute Gasteiger partial charge is 0.323 e. The van der Waals surface area contributed by atoms with E-state index < -0.39 is 5.92 Å². The van der Waals surface area contributed by atoms with E-state index in [1.165, 1.54) is 0 Å². The van der Waals surface area contributed by atoms with Gasteiger partial charge in [0.1, 0.15) is 12.0 Å². The van der Waals surface area contributed by atoms with E-state index in [2.05, 4.69) is 15.5 Å². The highest BCUT2D eigenvalue weighted by Gasteiger charge is 2.34. The third-order valence-electron chi connectivity index (χ3n) is 5.38. The number of carbonyl (C=O) groups excluding carboxylic acids is 2. The summed E-state index contributed by atoms with van der Waals surface area (Å²) in [7, 11) is 0. The van der Waals surface area contributed by atoms with E-state index in [-0.39, 0.29) is 17.9 Å². The Kier molecular flexibility index (Phi) is 3.98. The number of amides is 2. The smallest absolute Gasteiger partial charge is 0.243 e. The standard InChI is InChI=1S/C23H18N4O2/c1-14-22(28)25-21-18-8-3-2-5-15(18)9-10-20(21)27(23(14)29)17-7-4-6-16(13-17)19-11-12-24-26-19/h2-14,19H,1H3,(H,25,28). The molecule has 0 fully saturated rings. The van der Waals surface area contributed by atoms with Gasteiger partial charge in [-0.15, -0.1) is 0 Å². The zero-order chi connectivity index (χ0) is 20.0. The maximum absolute atomic E-state index is 13.3. The van der Waals surface area contributed by atoms with Crippen molar-refractivity contribution in [3.8, 4) is 0 Å². The third-order valence-corrected chi connectivity index (χ3v) is 5.38. The molecule has 1 N–H and O–H groups in total. The summed E-state index contributed by atoms with van der Waals surface area (Å²) in [6, 6.07) is 19.2. The lowest BCUT2D eigenvalue weighted by molar-refractivity contribution is -0.129. The molecule has 2 amide bonds. The molecule has 2 unspecified atom stereocenters. The lowest BCUT2D eigenvalue weighted by atomic mass is 10.0. The minimum absolute atomic E-state index is 0.162. The van der Waals surface area contributed by atoms with Gasteiger partial charge in [0.15, 0.2) is 0 Å². The Labute approximate surface area is 167 Å². The molecule has 3 aromatic rings. The first-order chi connectivity index (χ1) is 14.1. The second kappa shape index (κ2) is 6.67. The number of benzene rings is 3. The maximum Gasteiger partial charge on any atom is 0.243 e. The normalized spacial score (nSPS) is 20.7. The lowest BCUT2D eigenvalue weighted by Gasteiger charge is -2.25. The molecule has 0 spiro atoms. The van der Waals surface area contributed by atoms with Gasteiger partial charge in [-0.2, -0.15) is 10.2 Å². The molecular formula is C23H18N4O2. The van der Waals surface area contributed by atoms with Gasteiger partial charge in [-0.25, -0.2) is 0 Å². The van der Waals surface area contributed by atoms with Crippen LogP contribution < -0.4 is 10.2 Å². The van der Waals surface area contributed by atoms with Crippen molar-refractivity contribution in [1.82, 2.24) is 0 Å². The molecule has 5 rings (SSSR count). The Morgan fingerprint density at radius 3 is 2.69 bits per heavy atom. The van der Waals surface area contributed by atoms with Crippen LogP contribution in [-0.4, -0.2) is 11.8 Å². The zero-order valence-corrected chi connectivity index (χ0v) is 15.7. The fourth-order valence-corrected chi connectivity index (χ4v) is 3.79. The summed E-state index contributed by atoms with van der Waals surface area (Å²) in [5, 5.41) is 13.0. The minimum Gasteiger partial charge on any atom is -0.323 e. The molecular weight excluding hydrogens is 364 g/mol. The first kappa shape index (κ1) is 17.3. The van der Waals surface area contributed by atoms with E-state index >= 15 is 0 Å². The molecule has 6 heteroatoms. The molecule has 0 aromatic heterocycles. The van der Waals surface area contributed by atoms with Gasteiger partial charge in [0.2, 0.25) is 11.8 Å². The molecule has 2 atom stereocenters. The molecule has 6 nitrogen and oxygen atoms in total. The van der Waals surface area contributed by atoms with Crippen molar-refractivity contribution in [3.05, 3.63) is 78.5 Å². The molecule has 2 aliphatic heterocycles. The Morgan fingerprint density at radius 1 is 1.00 bits per heavy atom. The number of anilines is 3. The van der Waals surface area contributed by atoms with Gasteiger partial charge in [0.05, 0.1) is 11.4 Å². The lowest BCUT2D eigenvalue weighted by Crippen LogP contribution is -2.34. The Morgan fingerprint density at radius 2 is 1.86 bits per heavy atom. The van der Waals surface area contributed by atoms with Crippen LogP contribution in [0.15, 0.2) is 83.2 Å². The van der Waals surface area contributed by atoms with Crippen LogP contribution in [0.4, 0.5) is 17.1 Å². The van der Waals surface area contributed by atoms with E-state index in [1.54, 1.807) is 18.0 Å². The first-order valence-corrected chi connectivity index (χ1v) is 9.46. The van der Waals surface area contributed by atoms with E-state index in [9.17, 15) is 9.59 Å². The Balaban J connectivity index is 1.72. The minimum atomic E-state index is -0.809. The van der Waals surface area contributed by atoms with Crippen molar-refractivity contribution >= 4 is 39.6 Å². The van der Waals surface area contributed by atoms with Gasteiger partial charge in [-0.1, -0.05) is 42.5 Å². The molecule has 0 radical (unpaired) electrons. The number of azo groups is 1. The van der Waals surface area contributed by atoms with Crippen molar-refractivity contribution in [2.24, 2.45) is 16.1 Å². The highest BCUT2D eigenvalue weighted by molar-refractivity contribution is 6.22. The van der Waals surface area contributed by atoms with Gasteiger partial charge in [-0.05, 0) is 42.1 Å². The highest BCUT2D eigenvalue weighted by Crippen LogP contribution is 2.41. The van der Waals surface area contributed by atoms with E-state index in [0.717, 1.165) is 16.3 Å². The third kappa shape index (κ3) is 2.81. The van der Waals surface area contributed by atoms with Gasteiger partial charge < -0.3 is 5.32 Å². The summed E-state index contributed by atoms with van der Waals surface area (Å²) >= 11 is 0. The number of hydrogen-bond donors (Lipinski definition) is 1. The number of fused-ring (bicyclic) bond motifs is 3. The van der Waals surface area contributed by atoms with Crippen LogP contribution in [0, 0.1) is 5.92 Å². The molecule has 2 aliphatic rings. The summed E-state index contributed by atoms with van der Waals surface area (Å²) in [6.07, 6.45) is 3.57. The molecule has 3 aromatic carbocycles. The topological polar surface area (TPSA) is 74.1 Å². The van der Waals surface area contributed by atoms with Crippen LogP contribution >= 0.6 is 0 Å². The number of carbonyl (C=O) groups is 2. The summed E-state index contributed by atoms with van der Waals surface area (Å²) in [4.78, 5) is 27.6. The van der Waals surface area contributed by atoms with Crippen LogP contribution in [0.3, 0.4) is 0 Å². The van der Waals surface area contributed by atoms with Gasteiger partial charge in [0.25, 0.3) is 0 Å². The first-order valence-electron chi connectivity index (χ1n) is 9.46. The van der Waals surface area contributed by atoms with Crippen molar-refractivity contribution in [2.45, 2.75) is 13.0 Å². The summed E-state index contributed by atoms with van der Waals surface area (Å²) in [5.41, 5.74) is 2.94. The summed E-state index contributed by atoms with van der Waals surface area (Å²) in [5.74, 6) is -1.38. The monoisotopic (exact) mass is 382 g/mol. The number of hydrogen-bond acceptors (Lipinski definition) is 4. The molecule has 0 aliphatic carbocycles. The van der Waals surface area contributed by atoms with Crippen LogP contribution in [0.5, 0.6) is 0 Å². The van der Waals surface area contributed by atoms with E-state index in [4.69, 9.17) is 0 Å². The SMILES string of the molecule is CC1C(=O)Nc2c(ccc3ccccc23)N(c2cccc(C3C=CN=N3)c2)C1=O. The maximum atomic E-state index is 13.3. The fourth-order valence-electron chi connectivity index (χ4n) is 3.79. The molecule has 0 bridgehead atoms. The van der Waals surface area contributed by atoms with Gasteiger partial charge in [0, 0.05) is 17.3 Å². The molecule has 0 saturated heterocycles. The fraction of sp³-hybridized carbons (Fsp3) is 0.130. The van der Waals surface area contributed by atoms with Gasteiger partial charge in [-0.3, -0.25) is 14.5 Å². The van der Waals surface area contributed by atoms with Crippen molar-refractivity contribution < 1.29 is 9.59 Å². The summed E-state index contributed by atoms with van der Waals surface area (Å²) in [6.45, 7) is 1.64. The van der Waals surface area contributed by atoms with Gasteiger partial charge >= 0.3 is 0 Å². The molecule has 0 saturated carbocycles. The zero-order valence-electron chi connectivity index (χ0n) is 15.7. The van der Waals surface area contributed by atoms with Crippen molar-refractivity contribution in [1.29, 1.82) is 0 Å². The average molecular weight is 382 g/mol. The molecule has 2 heterocycles. The van der Waals surface area contributed by atoms with E-state index in [0.29, 0.717) is 17.1 Å². The predicted octanol–water partition coefficient (Wildman–Crippen LogP) is 5.11. The molecule has 29 heavy (non-hydrogen) atoms. The number of nitrogens with one attached hydrogen (secondary N) is 1. The van der Waals surface area contributed by atoms with Crippen LogP contribution in [0.1, 0.15) is 18.5 Å². The quantitative estimate of drug-likeness (QED) is 0.625. The van der Waals surface area contributed by atoms with Crippen LogP contribution in [-0.2, 0) is 9.59 Å². The predicted molar refractivity (Wildman–Crippen MR) is 112 cm³/mol. The van der Waals surface area contributed by atoms with Crippen molar-refractivity contribution in [3.63, 3.8) is 0 Å². The van der Waals surface area contributed by atoms with E-state index in [1.807, 2.05) is 66.7 Å². The average Bonchev–Trinajstić information content (AvgIpc) is 3.27. The number of rotatable bonds is 2. The second-order valence-corrected chi connectivity index (χ2v) is 7.18. The second-order valence-electron chi connectivity index (χ2n) is 7.18. The Hall–Kier alpha value is -3.80. The van der Waals surface area contributed by atoms with Crippen LogP contribution in [0.25, 0.3) is 10.8 Å². The number of nitrogens with zero attached hydrogens (tertiary/aromatic N) is 3. The highest BCUT2D eigenvalue weighted by atomic mass is 16.2. The van der Waals surface area contributed by atoms with Crippen molar-refractivity contribution in [2.75, 3.05) is 10.2 Å². The summed E-state index contributed by atoms with van der Waals surface area (Å²) < 4.78 is 0.